The smallest absolute Gasteiger partial charge is 0.111 e. The number of rotatable bonds is 6. The monoisotopic (exact) mass is 225 g/mol. The number of ether oxygens (including phenoxy) is 2. The van der Waals surface area contributed by atoms with Crippen molar-refractivity contribution in [2.45, 2.75) is 18.9 Å². The summed E-state index contributed by atoms with van der Waals surface area (Å²) in [5.74, 6) is 1.51. The minimum Gasteiger partial charge on any atom is -0.383 e. The van der Waals surface area contributed by atoms with Crippen molar-refractivity contribution >= 4 is 0 Å². The van der Waals surface area contributed by atoms with Gasteiger partial charge in [0, 0.05) is 44.6 Å². The van der Waals surface area contributed by atoms with Gasteiger partial charge in [0.25, 0.3) is 0 Å². The number of H-pyrrole nitrogens is 1. The lowest BCUT2D eigenvalue weighted by atomic mass is 10.1. The molecule has 0 amide bonds. The number of nitrogens with zero attached hydrogens (tertiary/aromatic N) is 1. The van der Waals surface area contributed by atoms with Gasteiger partial charge in [0.2, 0.25) is 0 Å². The molecule has 5 heteroatoms. The van der Waals surface area contributed by atoms with Gasteiger partial charge in [-0.15, -0.1) is 0 Å². The van der Waals surface area contributed by atoms with E-state index in [0.29, 0.717) is 5.92 Å². The molecule has 5 nitrogen and oxygen atoms in total. The van der Waals surface area contributed by atoms with Crippen LogP contribution in [0.4, 0.5) is 0 Å². The molecule has 0 aliphatic carbocycles. The fourth-order valence-electron chi connectivity index (χ4n) is 1.82. The van der Waals surface area contributed by atoms with Crippen molar-refractivity contribution in [3.8, 4) is 0 Å². The van der Waals surface area contributed by atoms with E-state index in [0.717, 1.165) is 50.8 Å². The van der Waals surface area contributed by atoms with E-state index in [4.69, 9.17) is 9.47 Å². The predicted molar refractivity (Wildman–Crippen MR) is 60.3 cm³/mol. The molecule has 1 aliphatic rings. The van der Waals surface area contributed by atoms with Gasteiger partial charge < -0.3 is 19.8 Å². The van der Waals surface area contributed by atoms with Crippen LogP contribution in [0.1, 0.15) is 23.9 Å². The summed E-state index contributed by atoms with van der Waals surface area (Å²) in [7, 11) is 1.70. The topological polar surface area (TPSA) is 59.2 Å². The first-order valence-electron chi connectivity index (χ1n) is 5.71. The second-order valence-corrected chi connectivity index (χ2v) is 4.02. The van der Waals surface area contributed by atoms with E-state index >= 15 is 0 Å². The Kier molecular flexibility index (Phi) is 4.33. The Morgan fingerprint density at radius 3 is 3.38 bits per heavy atom. The highest BCUT2D eigenvalue weighted by molar-refractivity contribution is 5.06. The highest BCUT2D eigenvalue weighted by Gasteiger charge is 2.20. The third kappa shape index (κ3) is 3.04. The molecule has 1 atom stereocenters. The maximum absolute atomic E-state index is 5.34. The molecule has 1 fully saturated rings. The van der Waals surface area contributed by atoms with Gasteiger partial charge in [-0.2, -0.15) is 0 Å². The third-order valence-electron chi connectivity index (χ3n) is 2.76. The van der Waals surface area contributed by atoms with Crippen LogP contribution in [0.5, 0.6) is 0 Å². The first-order valence-corrected chi connectivity index (χ1v) is 5.71. The van der Waals surface area contributed by atoms with Crippen molar-refractivity contribution in [2.24, 2.45) is 0 Å². The number of hydrogen-bond donors (Lipinski definition) is 2. The third-order valence-corrected chi connectivity index (χ3v) is 2.76. The van der Waals surface area contributed by atoms with Crippen LogP contribution < -0.4 is 5.32 Å². The van der Waals surface area contributed by atoms with Gasteiger partial charge >= 0.3 is 0 Å². The largest absolute Gasteiger partial charge is 0.383 e. The van der Waals surface area contributed by atoms with E-state index < -0.39 is 0 Å². The molecule has 2 rings (SSSR count). The maximum Gasteiger partial charge on any atom is 0.111 e. The van der Waals surface area contributed by atoms with Crippen LogP contribution in [0.15, 0.2) is 6.20 Å². The van der Waals surface area contributed by atoms with Gasteiger partial charge in [-0.05, 0) is 6.42 Å². The molecule has 1 saturated heterocycles. The Morgan fingerprint density at radius 2 is 2.62 bits per heavy atom. The summed E-state index contributed by atoms with van der Waals surface area (Å²) in [6, 6.07) is 0. The number of imidazole rings is 1. The van der Waals surface area contributed by atoms with Crippen molar-refractivity contribution in [3.63, 3.8) is 0 Å². The fraction of sp³-hybridized carbons (Fsp3) is 0.727. The molecule has 0 aromatic carbocycles. The van der Waals surface area contributed by atoms with E-state index in [1.165, 1.54) is 0 Å². The van der Waals surface area contributed by atoms with Crippen LogP contribution in [-0.4, -0.2) is 43.4 Å². The number of aromatic nitrogens is 2. The first-order chi connectivity index (χ1) is 7.90. The summed E-state index contributed by atoms with van der Waals surface area (Å²) in [4.78, 5) is 7.73. The highest BCUT2D eigenvalue weighted by Crippen LogP contribution is 2.22. The van der Waals surface area contributed by atoms with Crippen molar-refractivity contribution in [2.75, 3.05) is 33.5 Å². The summed E-state index contributed by atoms with van der Waals surface area (Å²) in [5.41, 5.74) is 1.12. The average molecular weight is 225 g/mol. The molecule has 0 saturated carbocycles. The summed E-state index contributed by atoms with van der Waals surface area (Å²) < 4.78 is 10.3. The molecular formula is C11H19N3O2. The predicted octanol–water partition coefficient (Wildman–Crippen LogP) is 0.650. The van der Waals surface area contributed by atoms with Gasteiger partial charge in [0.15, 0.2) is 0 Å². The molecule has 1 aromatic rings. The van der Waals surface area contributed by atoms with Crippen LogP contribution in [0.2, 0.25) is 0 Å². The standard InChI is InChI=1S/C11H19N3O2/c1-15-5-3-12-6-10-7-13-11(14-10)9-2-4-16-8-9/h7,9,12H,2-6,8H2,1H3,(H,13,14). The number of hydrogen-bond acceptors (Lipinski definition) is 4. The van der Waals surface area contributed by atoms with Crippen LogP contribution in [0, 0.1) is 0 Å². The fourth-order valence-corrected chi connectivity index (χ4v) is 1.82. The van der Waals surface area contributed by atoms with Crippen molar-refractivity contribution < 1.29 is 9.47 Å². The lowest BCUT2D eigenvalue weighted by molar-refractivity contribution is 0.193. The van der Waals surface area contributed by atoms with E-state index in [2.05, 4.69) is 15.3 Å². The van der Waals surface area contributed by atoms with E-state index in [9.17, 15) is 0 Å². The maximum atomic E-state index is 5.34. The zero-order chi connectivity index (χ0) is 11.2. The normalized spacial score (nSPS) is 20.4. The zero-order valence-corrected chi connectivity index (χ0v) is 9.66. The lowest BCUT2D eigenvalue weighted by Gasteiger charge is -2.03. The molecular weight excluding hydrogens is 206 g/mol. The quantitative estimate of drug-likeness (QED) is 0.698. The van der Waals surface area contributed by atoms with E-state index in [1.54, 1.807) is 7.11 Å². The Bertz CT molecular complexity index is 308. The molecule has 1 aromatic heterocycles. The number of nitrogens with one attached hydrogen (secondary N) is 2. The molecule has 0 spiro atoms. The van der Waals surface area contributed by atoms with Gasteiger partial charge in [-0.25, -0.2) is 4.98 Å². The summed E-state index contributed by atoms with van der Waals surface area (Å²) in [5, 5.41) is 3.28. The van der Waals surface area contributed by atoms with Crippen molar-refractivity contribution in [3.05, 3.63) is 17.7 Å². The SMILES string of the molecule is COCCNCc1cnc(C2CCOC2)[nH]1. The lowest BCUT2D eigenvalue weighted by Crippen LogP contribution is -2.18. The van der Waals surface area contributed by atoms with E-state index in [1.807, 2.05) is 6.20 Å². The van der Waals surface area contributed by atoms with Crippen LogP contribution in [0.3, 0.4) is 0 Å². The van der Waals surface area contributed by atoms with Gasteiger partial charge in [-0.3, -0.25) is 0 Å². The molecule has 2 N–H and O–H groups in total. The molecule has 16 heavy (non-hydrogen) atoms. The van der Waals surface area contributed by atoms with Gasteiger partial charge in [0.05, 0.1) is 13.2 Å². The second kappa shape index (κ2) is 5.98. The Balaban J connectivity index is 1.77. The molecule has 1 unspecified atom stereocenters. The first kappa shape index (κ1) is 11.6. The molecule has 1 aliphatic heterocycles. The van der Waals surface area contributed by atoms with Crippen LogP contribution >= 0.6 is 0 Å². The summed E-state index contributed by atoms with van der Waals surface area (Å²) in [6.45, 7) is 4.05. The Morgan fingerprint density at radius 1 is 1.69 bits per heavy atom. The summed E-state index contributed by atoms with van der Waals surface area (Å²) >= 11 is 0. The highest BCUT2D eigenvalue weighted by atomic mass is 16.5. The van der Waals surface area contributed by atoms with Crippen LogP contribution in [0.25, 0.3) is 0 Å². The molecule has 0 bridgehead atoms. The Labute approximate surface area is 95.6 Å². The van der Waals surface area contributed by atoms with Gasteiger partial charge in [0.1, 0.15) is 5.82 Å². The number of aromatic amines is 1. The van der Waals surface area contributed by atoms with Gasteiger partial charge in [-0.1, -0.05) is 0 Å². The minimum atomic E-state index is 0.452. The number of methoxy groups -OCH3 is 1. The van der Waals surface area contributed by atoms with Crippen molar-refractivity contribution in [1.29, 1.82) is 0 Å². The minimum absolute atomic E-state index is 0.452. The summed E-state index contributed by atoms with van der Waals surface area (Å²) in [6.07, 6.45) is 2.97. The second-order valence-electron chi connectivity index (χ2n) is 4.02. The Hall–Kier alpha value is -0.910. The zero-order valence-electron chi connectivity index (χ0n) is 9.66. The van der Waals surface area contributed by atoms with E-state index in [-0.39, 0.29) is 0 Å². The average Bonchev–Trinajstić information content (AvgIpc) is 2.94. The molecule has 2 heterocycles. The van der Waals surface area contributed by atoms with Crippen LogP contribution in [-0.2, 0) is 16.0 Å². The molecule has 90 valence electrons. The molecule has 0 radical (unpaired) electrons. The van der Waals surface area contributed by atoms with Crippen molar-refractivity contribution in [1.82, 2.24) is 15.3 Å².